The second kappa shape index (κ2) is 5.54. The third kappa shape index (κ3) is 3.01. The summed E-state index contributed by atoms with van der Waals surface area (Å²) in [5.41, 5.74) is 1.08. The molecule has 2 unspecified atom stereocenters. The van der Waals surface area contributed by atoms with Gasteiger partial charge < -0.3 is 5.11 Å². The van der Waals surface area contributed by atoms with Crippen molar-refractivity contribution in [2.24, 2.45) is 11.8 Å². The van der Waals surface area contributed by atoms with E-state index in [0.717, 1.165) is 42.7 Å². The largest absolute Gasteiger partial charge is 0.481 e. The molecule has 2 atom stereocenters. The molecule has 0 heterocycles. The fraction of sp³-hybridized carbons (Fsp3) is 0.500. The zero-order valence-electron chi connectivity index (χ0n) is 9.73. The lowest BCUT2D eigenvalue weighted by molar-refractivity contribution is -0.144. The van der Waals surface area contributed by atoms with Crippen molar-refractivity contribution in [2.75, 3.05) is 0 Å². The lowest BCUT2D eigenvalue weighted by atomic mass is 9.76. The van der Waals surface area contributed by atoms with Crippen LogP contribution in [0.1, 0.15) is 31.2 Å². The van der Waals surface area contributed by atoms with Crippen LogP contribution in [0, 0.1) is 11.8 Å². The zero-order valence-corrected chi connectivity index (χ0v) is 10.5. The van der Waals surface area contributed by atoms with Crippen LogP contribution in [0.4, 0.5) is 0 Å². The van der Waals surface area contributed by atoms with E-state index in [0.29, 0.717) is 0 Å². The molecule has 1 saturated carbocycles. The minimum atomic E-state index is -0.651. The highest BCUT2D eigenvalue weighted by Gasteiger charge is 2.30. The summed E-state index contributed by atoms with van der Waals surface area (Å²) in [6.07, 6.45) is 4.78. The molecule has 1 N–H and O–H groups in total. The smallest absolute Gasteiger partial charge is 0.306 e. The fourth-order valence-electron chi connectivity index (χ4n) is 2.72. The second-order valence-electron chi connectivity index (χ2n) is 4.78. The molecule has 3 heteroatoms. The summed E-state index contributed by atoms with van der Waals surface area (Å²) in [7, 11) is 0. The quantitative estimate of drug-likeness (QED) is 0.889. The lowest BCUT2D eigenvalue weighted by Gasteiger charge is -2.28. The van der Waals surface area contributed by atoms with E-state index in [-0.39, 0.29) is 11.8 Å². The summed E-state index contributed by atoms with van der Waals surface area (Å²) < 4.78 is 0. The molecule has 0 saturated heterocycles. The Morgan fingerprint density at radius 1 is 1.29 bits per heavy atom. The van der Waals surface area contributed by atoms with Crippen LogP contribution < -0.4 is 0 Å². The maximum Gasteiger partial charge on any atom is 0.306 e. The molecule has 1 aromatic carbocycles. The predicted octanol–water partition coefficient (Wildman–Crippen LogP) is 3.77. The number of benzene rings is 1. The van der Waals surface area contributed by atoms with Gasteiger partial charge in [0.1, 0.15) is 0 Å². The van der Waals surface area contributed by atoms with Gasteiger partial charge in [-0.3, -0.25) is 4.79 Å². The highest BCUT2D eigenvalue weighted by molar-refractivity contribution is 6.31. The zero-order chi connectivity index (χ0) is 12.3. The van der Waals surface area contributed by atoms with Gasteiger partial charge in [-0.1, -0.05) is 42.6 Å². The molecule has 0 bridgehead atoms. The SMILES string of the molecule is O=C(O)C1CCCCC1Cc1ccccc1Cl. The minimum absolute atomic E-state index is 0.194. The average molecular weight is 253 g/mol. The first kappa shape index (κ1) is 12.4. The molecule has 1 fully saturated rings. The average Bonchev–Trinajstić information content (AvgIpc) is 2.32. The number of hydrogen-bond donors (Lipinski definition) is 1. The Labute approximate surface area is 107 Å². The van der Waals surface area contributed by atoms with E-state index < -0.39 is 5.97 Å². The maximum absolute atomic E-state index is 11.2. The van der Waals surface area contributed by atoms with Crippen LogP contribution in [0.3, 0.4) is 0 Å². The first-order valence-electron chi connectivity index (χ1n) is 6.14. The second-order valence-corrected chi connectivity index (χ2v) is 5.19. The Bertz CT molecular complexity index is 403. The number of carbonyl (C=O) groups is 1. The number of carboxylic acid groups (broad SMARTS) is 1. The van der Waals surface area contributed by atoms with E-state index in [2.05, 4.69) is 0 Å². The van der Waals surface area contributed by atoms with E-state index in [4.69, 9.17) is 11.6 Å². The number of carboxylic acids is 1. The van der Waals surface area contributed by atoms with E-state index in [1.54, 1.807) is 0 Å². The fourth-order valence-corrected chi connectivity index (χ4v) is 2.94. The third-order valence-corrected chi connectivity index (χ3v) is 4.03. The molecule has 2 rings (SSSR count). The van der Waals surface area contributed by atoms with Crippen molar-refractivity contribution in [2.45, 2.75) is 32.1 Å². The monoisotopic (exact) mass is 252 g/mol. The molecular formula is C14H17ClO2. The lowest BCUT2D eigenvalue weighted by Crippen LogP contribution is -2.28. The van der Waals surface area contributed by atoms with Gasteiger partial charge in [-0.15, -0.1) is 0 Å². The van der Waals surface area contributed by atoms with Crippen LogP contribution in [0.25, 0.3) is 0 Å². The molecular weight excluding hydrogens is 236 g/mol. The van der Waals surface area contributed by atoms with Gasteiger partial charge in [0.05, 0.1) is 5.92 Å². The van der Waals surface area contributed by atoms with Crippen LogP contribution in [0.15, 0.2) is 24.3 Å². The van der Waals surface area contributed by atoms with Crippen molar-refractivity contribution in [3.8, 4) is 0 Å². The molecule has 0 amide bonds. The van der Waals surface area contributed by atoms with Gasteiger partial charge >= 0.3 is 5.97 Å². The van der Waals surface area contributed by atoms with Gasteiger partial charge in [-0.2, -0.15) is 0 Å². The summed E-state index contributed by atoms with van der Waals surface area (Å²) in [5, 5.41) is 9.98. The predicted molar refractivity (Wildman–Crippen MR) is 68.2 cm³/mol. The van der Waals surface area contributed by atoms with Crippen LogP contribution in [0.2, 0.25) is 5.02 Å². The molecule has 92 valence electrons. The Morgan fingerprint density at radius 3 is 2.71 bits per heavy atom. The van der Waals surface area contributed by atoms with E-state index in [1.165, 1.54) is 0 Å². The number of aliphatic carboxylic acids is 1. The molecule has 0 aromatic heterocycles. The van der Waals surface area contributed by atoms with Gasteiger partial charge in [0.2, 0.25) is 0 Å². The van der Waals surface area contributed by atoms with Crippen LogP contribution >= 0.6 is 11.6 Å². The molecule has 0 radical (unpaired) electrons. The molecule has 2 nitrogen and oxygen atoms in total. The maximum atomic E-state index is 11.2. The highest BCUT2D eigenvalue weighted by Crippen LogP contribution is 2.34. The highest BCUT2D eigenvalue weighted by atomic mass is 35.5. The Kier molecular flexibility index (Phi) is 4.06. The summed E-state index contributed by atoms with van der Waals surface area (Å²) in [5.74, 6) is -0.608. The first-order valence-corrected chi connectivity index (χ1v) is 6.52. The Morgan fingerprint density at radius 2 is 2.00 bits per heavy atom. The summed E-state index contributed by atoms with van der Waals surface area (Å²) >= 11 is 6.12. The van der Waals surface area contributed by atoms with Gasteiger partial charge in [-0.25, -0.2) is 0 Å². The topological polar surface area (TPSA) is 37.3 Å². The van der Waals surface area contributed by atoms with Crippen LogP contribution in [-0.4, -0.2) is 11.1 Å². The van der Waals surface area contributed by atoms with Crippen molar-refractivity contribution in [1.29, 1.82) is 0 Å². The van der Waals surface area contributed by atoms with Crippen molar-refractivity contribution in [3.63, 3.8) is 0 Å². The molecule has 0 aliphatic heterocycles. The molecule has 0 spiro atoms. The molecule has 17 heavy (non-hydrogen) atoms. The summed E-state index contributed by atoms with van der Waals surface area (Å²) in [4.78, 5) is 11.2. The first-order chi connectivity index (χ1) is 8.18. The molecule has 1 aliphatic carbocycles. The van der Waals surface area contributed by atoms with Crippen molar-refractivity contribution in [1.82, 2.24) is 0 Å². The van der Waals surface area contributed by atoms with Gasteiger partial charge in [0.15, 0.2) is 0 Å². The third-order valence-electron chi connectivity index (χ3n) is 3.67. The van der Waals surface area contributed by atoms with Gasteiger partial charge in [0.25, 0.3) is 0 Å². The minimum Gasteiger partial charge on any atom is -0.481 e. The number of halogens is 1. The van der Waals surface area contributed by atoms with Crippen molar-refractivity contribution < 1.29 is 9.90 Å². The van der Waals surface area contributed by atoms with Crippen LogP contribution in [0.5, 0.6) is 0 Å². The van der Waals surface area contributed by atoms with Gasteiger partial charge in [-0.05, 0) is 36.8 Å². The summed E-state index contributed by atoms with van der Waals surface area (Å²) in [6, 6.07) is 7.73. The van der Waals surface area contributed by atoms with Crippen LogP contribution in [-0.2, 0) is 11.2 Å². The standard InChI is InChI=1S/C14H17ClO2/c15-13-8-4-2-6-11(13)9-10-5-1-3-7-12(10)14(16)17/h2,4,6,8,10,12H,1,3,5,7,9H2,(H,16,17). The van der Waals surface area contributed by atoms with Crippen molar-refractivity contribution in [3.05, 3.63) is 34.9 Å². The summed E-state index contributed by atoms with van der Waals surface area (Å²) in [6.45, 7) is 0. The number of hydrogen-bond acceptors (Lipinski definition) is 1. The van der Waals surface area contributed by atoms with E-state index in [9.17, 15) is 9.90 Å². The Balaban J connectivity index is 2.11. The number of rotatable bonds is 3. The normalized spacial score (nSPS) is 24.5. The molecule has 1 aliphatic rings. The van der Waals surface area contributed by atoms with Crippen molar-refractivity contribution >= 4 is 17.6 Å². The van der Waals surface area contributed by atoms with Gasteiger partial charge in [0, 0.05) is 5.02 Å². The Hall–Kier alpha value is -1.02. The van der Waals surface area contributed by atoms with E-state index in [1.807, 2.05) is 24.3 Å². The molecule has 1 aromatic rings. The van der Waals surface area contributed by atoms with E-state index >= 15 is 0 Å².